The van der Waals surface area contributed by atoms with Crippen molar-refractivity contribution in [3.8, 4) is 0 Å². The third-order valence-electron chi connectivity index (χ3n) is 3.02. The van der Waals surface area contributed by atoms with Crippen molar-refractivity contribution in [1.82, 2.24) is 14.4 Å². The van der Waals surface area contributed by atoms with E-state index >= 15 is 0 Å². The van der Waals surface area contributed by atoms with Gasteiger partial charge in [-0.25, -0.2) is 9.97 Å². The molecule has 5 heteroatoms. The number of aromatic nitrogens is 3. The van der Waals surface area contributed by atoms with Gasteiger partial charge >= 0.3 is 0 Å². The van der Waals surface area contributed by atoms with E-state index in [-0.39, 0.29) is 0 Å². The van der Waals surface area contributed by atoms with E-state index < -0.39 is 0 Å². The minimum Gasteiger partial charge on any atom is -0.369 e. The summed E-state index contributed by atoms with van der Waals surface area (Å²) in [6.07, 6.45) is 6.82. The van der Waals surface area contributed by atoms with Gasteiger partial charge in [-0.2, -0.15) is 0 Å². The number of imidazole rings is 1. The summed E-state index contributed by atoms with van der Waals surface area (Å²) in [7, 11) is 2.05. The Bertz CT molecular complexity index is 517. The highest BCUT2D eigenvalue weighted by molar-refractivity contribution is 5.66. The van der Waals surface area contributed by atoms with Gasteiger partial charge in [-0.1, -0.05) is 6.92 Å². The third-order valence-corrected chi connectivity index (χ3v) is 3.02. The van der Waals surface area contributed by atoms with Gasteiger partial charge in [0.05, 0.1) is 6.20 Å². The van der Waals surface area contributed by atoms with E-state index in [1.54, 1.807) is 6.20 Å². The zero-order valence-corrected chi connectivity index (χ0v) is 11.5. The van der Waals surface area contributed by atoms with Crippen LogP contribution in [0.4, 0.5) is 11.6 Å². The Morgan fingerprint density at radius 3 is 2.89 bits per heavy atom. The molecule has 0 aliphatic rings. The number of hydrogen-bond acceptors (Lipinski definition) is 4. The second-order valence-electron chi connectivity index (χ2n) is 4.74. The molecule has 2 rings (SSSR count). The van der Waals surface area contributed by atoms with E-state index in [1.165, 1.54) is 0 Å². The van der Waals surface area contributed by atoms with Gasteiger partial charge in [-0.15, -0.1) is 0 Å². The number of rotatable bonds is 5. The van der Waals surface area contributed by atoms with Crippen LogP contribution < -0.4 is 10.2 Å². The van der Waals surface area contributed by atoms with Gasteiger partial charge < -0.3 is 14.6 Å². The summed E-state index contributed by atoms with van der Waals surface area (Å²) in [5, 5.41) is 3.32. The van der Waals surface area contributed by atoms with E-state index in [0.717, 1.165) is 30.2 Å². The Kier molecular flexibility index (Phi) is 3.69. The first-order chi connectivity index (χ1) is 8.63. The van der Waals surface area contributed by atoms with Crippen LogP contribution in [0.2, 0.25) is 0 Å². The maximum atomic E-state index is 4.66. The summed E-state index contributed by atoms with van der Waals surface area (Å²) in [6.45, 7) is 7.36. The van der Waals surface area contributed by atoms with Crippen molar-refractivity contribution in [3.05, 3.63) is 18.6 Å². The van der Waals surface area contributed by atoms with Crippen LogP contribution in [0.25, 0.3) is 5.65 Å². The van der Waals surface area contributed by atoms with Crippen molar-refractivity contribution >= 4 is 17.3 Å². The molecule has 0 aromatic carbocycles. The summed E-state index contributed by atoms with van der Waals surface area (Å²) in [5.74, 6) is 1.81. The fourth-order valence-electron chi connectivity index (χ4n) is 1.73. The number of anilines is 2. The molecule has 0 radical (unpaired) electrons. The molecular weight excluding hydrogens is 226 g/mol. The molecule has 1 N–H and O–H groups in total. The smallest absolute Gasteiger partial charge is 0.180 e. The number of nitrogens with one attached hydrogen (secondary N) is 1. The van der Waals surface area contributed by atoms with Crippen molar-refractivity contribution in [2.75, 3.05) is 23.8 Å². The maximum absolute atomic E-state index is 4.66. The molecule has 0 unspecified atom stereocenters. The topological polar surface area (TPSA) is 45.5 Å². The van der Waals surface area contributed by atoms with Crippen molar-refractivity contribution in [1.29, 1.82) is 0 Å². The minimum atomic E-state index is 0.388. The molecule has 5 nitrogen and oxygen atoms in total. The number of fused-ring (bicyclic) bond motifs is 1. The van der Waals surface area contributed by atoms with Crippen LogP contribution in [0, 0.1) is 0 Å². The summed E-state index contributed by atoms with van der Waals surface area (Å²) < 4.78 is 2.01. The molecule has 0 aliphatic carbocycles. The van der Waals surface area contributed by atoms with Gasteiger partial charge in [-0.05, 0) is 20.3 Å². The first kappa shape index (κ1) is 12.7. The van der Waals surface area contributed by atoms with Crippen molar-refractivity contribution in [2.45, 2.75) is 33.2 Å². The zero-order chi connectivity index (χ0) is 13.1. The molecule has 0 saturated carbocycles. The van der Waals surface area contributed by atoms with Gasteiger partial charge in [0.1, 0.15) is 5.82 Å². The zero-order valence-electron chi connectivity index (χ0n) is 11.5. The van der Waals surface area contributed by atoms with E-state index in [9.17, 15) is 0 Å². The standard InChI is InChI=1S/C13H21N5/c1-5-6-14-11-9-18-8-7-15-12(18)13(16-11)17(4)10(2)3/h7-10,14H,5-6H2,1-4H3. The second kappa shape index (κ2) is 5.25. The fourth-order valence-corrected chi connectivity index (χ4v) is 1.73. The summed E-state index contributed by atoms with van der Waals surface area (Å²) in [5.41, 5.74) is 0.897. The Balaban J connectivity index is 2.44. The number of nitrogens with zero attached hydrogens (tertiary/aromatic N) is 4. The third kappa shape index (κ3) is 2.39. The van der Waals surface area contributed by atoms with Gasteiger partial charge in [0.2, 0.25) is 0 Å². The van der Waals surface area contributed by atoms with Crippen molar-refractivity contribution in [3.63, 3.8) is 0 Å². The normalized spacial score (nSPS) is 11.2. The van der Waals surface area contributed by atoms with Crippen LogP contribution in [0.1, 0.15) is 27.2 Å². The van der Waals surface area contributed by atoms with Crippen LogP contribution in [0.3, 0.4) is 0 Å². The molecule has 0 bridgehead atoms. The highest BCUT2D eigenvalue weighted by atomic mass is 15.2. The van der Waals surface area contributed by atoms with E-state index in [4.69, 9.17) is 0 Å². The van der Waals surface area contributed by atoms with Crippen LogP contribution in [0.5, 0.6) is 0 Å². The fraction of sp³-hybridized carbons (Fsp3) is 0.538. The molecule has 2 heterocycles. The molecule has 0 fully saturated rings. The largest absolute Gasteiger partial charge is 0.369 e. The lowest BCUT2D eigenvalue weighted by atomic mass is 10.3. The quantitative estimate of drug-likeness (QED) is 0.881. The molecule has 0 atom stereocenters. The highest BCUT2D eigenvalue weighted by Crippen LogP contribution is 2.21. The van der Waals surface area contributed by atoms with Gasteiger partial charge in [-0.3, -0.25) is 0 Å². The van der Waals surface area contributed by atoms with E-state index in [1.807, 2.05) is 23.8 Å². The molecule has 2 aromatic rings. The maximum Gasteiger partial charge on any atom is 0.180 e. The average molecular weight is 247 g/mol. The summed E-state index contributed by atoms with van der Waals surface area (Å²) in [6, 6.07) is 0.388. The lowest BCUT2D eigenvalue weighted by Crippen LogP contribution is -2.27. The molecule has 98 valence electrons. The Hall–Kier alpha value is -1.78. The predicted octanol–water partition coefficient (Wildman–Crippen LogP) is 2.40. The highest BCUT2D eigenvalue weighted by Gasteiger charge is 2.13. The van der Waals surface area contributed by atoms with Crippen LogP contribution in [-0.4, -0.2) is 34.0 Å². The monoisotopic (exact) mass is 247 g/mol. The van der Waals surface area contributed by atoms with Crippen molar-refractivity contribution < 1.29 is 0 Å². The van der Waals surface area contributed by atoms with Crippen LogP contribution >= 0.6 is 0 Å². The lowest BCUT2D eigenvalue weighted by molar-refractivity contribution is 0.743. The molecule has 18 heavy (non-hydrogen) atoms. The van der Waals surface area contributed by atoms with E-state index in [0.29, 0.717) is 6.04 Å². The first-order valence-electron chi connectivity index (χ1n) is 6.44. The minimum absolute atomic E-state index is 0.388. The van der Waals surface area contributed by atoms with Crippen LogP contribution in [0.15, 0.2) is 18.6 Å². The van der Waals surface area contributed by atoms with E-state index in [2.05, 4.69) is 41.0 Å². The Morgan fingerprint density at radius 1 is 1.44 bits per heavy atom. The molecule has 2 aromatic heterocycles. The second-order valence-corrected chi connectivity index (χ2v) is 4.74. The molecule has 0 saturated heterocycles. The first-order valence-corrected chi connectivity index (χ1v) is 6.44. The average Bonchev–Trinajstić information content (AvgIpc) is 2.82. The lowest BCUT2D eigenvalue weighted by Gasteiger charge is -2.23. The van der Waals surface area contributed by atoms with Gasteiger partial charge in [0.15, 0.2) is 11.5 Å². The Morgan fingerprint density at radius 2 is 2.22 bits per heavy atom. The van der Waals surface area contributed by atoms with Crippen molar-refractivity contribution in [2.24, 2.45) is 0 Å². The molecular formula is C13H21N5. The molecule has 0 spiro atoms. The van der Waals surface area contributed by atoms with Gasteiger partial charge in [0, 0.05) is 32.0 Å². The molecule has 0 aliphatic heterocycles. The van der Waals surface area contributed by atoms with Gasteiger partial charge in [0.25, 0.3) is 0 Å². The summed E-state index contributed by atoms with van der Waals surface area (Å²) >= 11 is 0. The number of hydrogen-bond donors (Lipinski definition) is 1. The SMILES string of the molecule is CCCNc1cn2ccnc2c(N(C)C(C)C)n1. The Labute approximate surface area is 108 Å². The molecule has 0 amide bonds. The van der Waals surface area contributed by atoms with Crippen LogP contribution in [-0.2, 0) is 0 Å². The predicted molar refractivity (Wildman–Crippen MR) is 75.3 cm³/mol. The summed E-state index contributed by atoms with van der Waals surface area (Å²) in [4.78, 5) is 11.2.